The Labute approximate surface area is 183 Å². The maximum Gasteiger partial charge on any atom is 0.154 e. The first kappa shape index (κ1) is 17.9. The quantitative estimate of drug-likeness (QED) is 0.344. The third-order valence-electron chi connectivity index (χ3n) is 5.99. The predicted octanol–water partition coefficient (Wildman–Crippen LogP) is 6.68. The summed E-state index contributed by atoms with van der Waals surface area (Å²) >= 11 is 3.75. The number of benzene rings is 2. The molecule has 148 valence electrons. The largest absolute Gasteiger partial charge is 0.463 e. The van der Waals surface area contributed by atoms with Gasteiger partial charge in [-0.25, -0.2) is 4.98 Å². The summed E-state index contributed by atoms with van der Waals surface area (Å²) in [6.07, 6.45) is 6.14. The molecule has 3 heterocycles. The number of fused-ring (bicyclic) bond motifs is 3. The number of rotatable bonds is 3. The summed E-state index contributed by atoms with van der Waals surface area (Å²) in [5.41, 5.74) is 7.68. The second-order valence-corrected chi connectivity index (χ2v) is 8.86. The average Bonchev–Trinajstić information content (AvgIpc) is 3.31. The van der Waals surface area contributed by atoms with Gasteiger partial charge in [0.15, 0.2) is 5.76 Å². The predicted molar refractivity (Wildman–Crippen MR) is 121 cm³/mol. The normalized spacial score (nSPS) is 17.8. The van der Waals surface area contributed by atoms with Crippen LogP contribution in [-0.4, -0.2) is 15.3 Å². The van der Waals surface area contributed by atoms with Crippen molar-refractivity contribution >= 4 is 21.6 Å². The molecule has 0 amide bonds. The molecule has 0 spiro atoms. The average molecular weight is 458 g/mol. The van der Waals surface area contributed by atoms with E-state index in [1.54, 1.807) is 6.26 Å². The lowest BCUT2D eigenvalue weighted by Crippen LogP contribution is -2.08. The van der Waals surface area contributed by atoms with E-state index in [0.29, 0.717) is 5.92 Å². The molecule has 0 unspecified atom stereocenters. The fourth-order valence-corrected chi connectivity index (χ4v) is 4.84. The van der Waals surface area contributed by atoms with Gasteiger partial charge in [0, 0.05) is 15.6 Å². The van der Waals surface area contributed by atoms with E-state index in [1.807, 2.05) is 24.5 Å². The van der Waals surface area contributed by atoms with E-state index in [1.165, 1.54) is 18.4 Å². The van der Waals surface area contributed by atoms with E-state index in [0.717, 1.165) is 44.1 Å². The van der Waals surface area contributed by atoms with Crippen LogP contribution in [0.4, 0.5) is 0 Å². The number of aliphatic imine (C=N–C) groups is 1. The van der Waals surface area contributed by atoms with Crippen molar-refractivity contribution in [2.45, 2.75) is 31.7 Å². The lowest BCUT2D eigenvalue weighted by atomic mass is 9.97. The van der Waals surface area contributed by atoms with Gasteiger partial charge >= 0.3 is 0 Å². The molecule has 1 fully saturated rings. The van der Waals surface area contributed by atoms with Gasteiger partial charge in [0.05, 0.1) is 29.4 Å². The second-order valence-electron chi connectivity index (χ2n) is 8.01. The Bertz CT molecular complexity index is 1280. The Balaban J connectivity index is 1.63. The molecule has 6 rings (SSSR count). The molecular weight excluding hydrogens is 438 g/mol. The lowest BCUT2D eigenvalue weighted by molar-refractivity contribution is 0.578. The third-order valence-corrected chi connectivity index (χ3v) is 6.68. The summed E-state index contributed by atoms with van der Waals surface area (Å²) < 4.78 is 8.91. The van der Waals surface area contributed by atoms with Crippen LogP contribution >= 0.6 is 15.9 Å². The first-order valence-corrected chi connectivity index (χ1v) is 11.1. The van der Waals surface area contributed by atoms with E-state index in [-0.39, 0.29) is 6.04 Å². The molecule has 4 aromatic rings. The molecule has 1 aliphatic heterocycles. The van der Waals surface area contributed by atoms with Crippen LogP contribution in [0.25, 0.3) is 17.1 Å². The molecule has 1 atom stereocenters. The monoisotopic (exact) mass is 457 g/mol. The topological polar surface area (TPSA) is 43.3 Å². The van der Waals surface area contributed by atoms with Crippen LogP contribution in [0.3, 0.4) is 0 Å². The van der Waals surface area contributed by atoms with Crippen LogP contribution in [0.2, 0.25) is 0 Å². The Kier molecular flexibility index (Phi) is 4.06. The molecule has 2 aliphatic rings. The van der Waals surface area contributed by atoms with Gasteiger partial charge in [-0.1, -0.05) is 40.2 Å². The number of furan rings is 1. The van der Waals surface area contributed by atoms with E-state index in [9.17, 15) is 0 Å². The number of hydrogen-bond donors (Lipinski definition) is 0. The summed E-state index contributed by atoms with van der Waals surface area (Å²) in [5.74, 6) is 1.45. The van der Waals surface area contributed by atoms with Crippen molar-refractivity contribution in [1.82, 2.24) is 9.55 Å². The standard InChI is InChI=1S/C25H20BrN3O/c1-15-25-24(22-7-4-12-30-22)27-14-29(25)21-11-10-17(16-8-9-16)13-19(21)23(28-15)18-5-2-3-6-20(18)26/h2-7,10-16H,8-9H2,1H3/t15-/m0/s1. The highest BCUT2D eigenvalue weighted by molar-refractivity contribution is 9.10. The van der Waals surface area contributed by atoms with Crippen LogP contribution < -0.4 is 0 Å². The van der Waals surface area contributed by atoms with Gasteiger partial charge in [-0.3, -0.25) is 9.56 Å². The van der Waals surface area contributed by atoms with Crippen molar-refractivity contribution in [3.05, 3.63) is 94.0 Å². The molecule has 1 saturated carbocycles. The minimum atomic E-state index is -0.0773. The molecule has 2 aromatic carbocycles. The van der Waals surface area contributed by atoms with Gasteiger partial charge in [0.1, 0.15) is 12.0 Å². The molecule has 30 heavy (non-hydrogen) atoms. The zero-order valence-electron chi connectivity index (χ0n) is 16.5. The molecule has 0 radical (unpaired) electrons. The van der Waals surface area contributed by atoms with E-state index >= 15 is 0 Å². The number of hydrogen-bond acceptors (Lipinski definition) is 3. The summed E-state index contributed by atoms with van der Waals surface area (Å²) in [6.45, 7) is 2.13. The van der Waals surface area contributed by atoms with E-state index in [2.05, 4.69) is 63.8 Å². The Morgan fingerprint density at radius 1 is 1.03 bits per heavy atom. The molecule has 5 heteroatoms. The molecule has 2 aromatic heterocycles. The maximum atomic E-state index is 5.68. The van der Waals surface area contributed by atoms with Crippen molar-refractivity contribution < 1.29 is 4.42 Å². The zero-order chi connectivity index (χ0) is 20.2. The van der Waals surface area contributed by atoms with Crippen LogP contribution in [0, 0.1) is 0 Å². The molecule has 0 N–H and O–H groups in total. The van der Waals surface area contributed by atoms with Gasteiger partial charge in [0.2, 0.25) is 0 Å². The Hall–Kier alpha value is -2.92. The van der Waals surface area contributed by atoms with Gasteiger partial charge in [0.25, 0.3) is 0 Å². The zero-order valence-corrected chi connectivity index (χ0v) is 18.1. The van der Waals surface area contributed by atoms with Crippen LogP contribution in [0.5, 0.6) is 0 Å². The molecule has 1 aliphatic carbocycles. The molecule has 4 nitrogen and oxygen atoms in total. The van der Waals surface area contributed by atoms with Gasteiger partial charge in [-0.15, -0.1) is 0 Å². The van der Waals surface area contributed by atoms with Gasteiger partial charge in [-0.05, 0) is 61.6 Å². The van der Waals surface area contributed by atoms with E-state index < -0.39 is 0 Å². The lowest BCUT2D eigenvalue weighted by Gasteiger charge is -2.14. The van der Waals surface area contributed by atoms with Crippen molar-refractivity contribution in [3.63, 3.8) is 0 Å². The first-order chi connectivity index (χ1) is 14.7. The summed E-state index contributed by atoms with van der Waals surface area (Å²) in [4.78, 5) is 9.94. The van der Waals surface area contributed by atoms with Gasteiger partial charge in [-0.2, -0.15) is 0 Å². The summed E-state index contributed by atoms with van der Waals surface area (Å²) in [5, 5.41) is 0. The second kappa shape index (κ2) is 6.81. The minimum absolute atomic E-state index is 0.0773. The third kappa shape index (κ3) is 2.80. The fraction of sp³-hybridized carbons (Fsp3) is 0.200. The highest BCUT2D eigenvalue weighted by atomic mass is 79.9. The summed E-state index contributed by atoms with van der Waals surface area (Å²) in [7, 11) is 0. The van der Waals surface area contributed by atoms with Crippen molar-refractivity contribution in [2.75, 3.05) is 0 Å². The molecular formula is C25H20BrN3O. The van der Waals surface area contributed by atoms with E-state index in [4.69, 9.17) is 14.4 Å². The summed E-state index contributed by atoms with van der Waals surface area (Å²) in [6, 6.07) is 18.9. The minimum Gasteiger partial charge on any atom is -0.463 e. The van der Waals surface area contributed by atoms with Gasteiger partial charge < -0.3 is 4.42 Å². The maximum absolute atomic E-state index is 5.68. The van der Waals surface area contributed by atoms with Crippen LogP contribution in [0.1, 0.15) is 54.1 Å². The number of aromatic nitrogens is 2. The van der Waals surface area contributed by atoms with Crippen LogP contribution in [-0.2, 0) is 0 Å². The number of nitrogens with zero attached hydrogens (tertiary/aromatic N) is 3. The molecule has 0 saturated heterocycles. The highest BCUT2D eigenvalue weighted by Crippen LogP contribution is 2.43. The van der Waals surface area contributed by atoms with Crippen molar-refractivity contribution in [3.8, 4) is 17.1 Å². The van der Waals surface area contributed by atoms with Crippen molar-refractivity contribution in [1.29, 1.82) is 0 Å². The highest BCUT2D eigenvalue weighted by Gasteiger charge is 2.30. The smallest absolute Gasteiger partial charge is 0.154 e. The number of imidazole rings is 1. The first-order valence-electron chi connectivity index (χ1n) is 10.3. The molecule has 0 bridgehead atoms. The Morgan fingerprint density at radius 3 is 2.67 bits per heavy atom. The SMILES string of the molecule is C[C@@H]1N=C(c2ccccc2Br)c2cc(C3CC3)ccc2-n2cnc(-c3ccco3)c21. The number of halogens is 1. The van der Waals surface area contributed by atoms with Crippen molar-refractivity contribution in [2.24, 2.45) is 4.99 Å². The van der Waals surface area contributed by atoms with Crippen LogP contribution in [0.15, 0.2) is 81.1 Å². The Morgan fingerprint density at radius 2 is 1.90 bits per heavy atom. The fourth-order valence-electron chi connectivity index (χ4n) is 4.37.